The summed E-state index contributed by atoms with van der Waals surface area (Å²) < 4.78 is 26.9. The molecule has 0 aliphatic heterocycles. The summed E-state index contributed by atoms with van der Waals surface area (Å²) in [7, 11) is -3.58. The van der Waals surface area contributed by atoms with Crippen LogP contribution in [0, 0.1) is 6.92 Å². The molecular weight excluding hydrogens is 288 g/mol. The van der Waals surface area contributed by atoms with E-state index in [9.17, 15) is 8.42 Å². The highest BCUT2D eigenvalue weighted by atomic mass is 32.2. The van der Waals surface area contributed by atoms with Gasteiger partial charge in [-0.1, -0.05) is 25.1 Å². The van der Waals surface area contributed by atoms with E-state index in [-0.39, 0.29) is 11.4 Å². The summed E-state index contributed by atoms with van der Waals surface area (Å²) in [6, 6.07) is 7.30. The molecule has 1 aromatic heterocycles. The fourth-order valence-corrected chi connectivity index (χ4v) is 3.77. The Hall–Kier alpha value is -1.86. The van der Waals surface area contributed by atoms with Crippen molar-refractivity contribution in [3.05, 3.63) is 41.7 Å². The van der Waals surface area contributed by atoms with E-state index in [0.717, 1.165) is 12.0 Å². The second-order valence-electron chi connectivity index (χ2n) is 4.90. The molecule has 0 fully saturated rings. The van der Waals surface area contributed by atoms with Crippen LogP contribution < -0.4 is 5.73 Å². The fraction of sp³-hybridized carbons (Fsp3) is 0.357. The van der Waals surface area contributed by atoms with E-state index in [0.29, 0.717) is 17.9 Å². The van der Waals surface area contributed by atoms with Crippen LogP contribution in [-0.4, -0.2) is 29.5 Å². The molecule has 2 aromatic rings. The number of nitrogens with one attached hydrogen (secondary N) is 1. The van der Waals surface area contributed by atoms with Gasteiger partial charge in [0.1, 0.15) is 4.90 Å². The van der Waals surface area contributed by atoms with Crippen molar-refractivity contribution in [1.29, 1.82) is 0 Å². The van der Waals surface area contributed by atoms with Crippen LogP contribution >= 0.6 is 0 Å². The van der Waals surface area contributed by atoms with E-state index in [1.54, 1.807) is 13.0 Å². The molecule has 0 saturated carbocycles. The number of aryl methyl sites for hydroxylation is 1. The lowest BCUT2D eigenvalue weighted by Gasteiger charge is -2.22. The maximum Gasteiger partial charge on any atom is 0.246 e. The molecule has 0 amide bonds. The van der Waals surface area contributed by atoms with Crippen molar-refractivity contribution in [1.82, 2.24) is 14.5 Å². The molecule has 2 rings (SSSR count). The Morgan fingerprint density at radius 1 is 1.33 bits per heavy atom. The van der Waals surface area contributed by atoms with E-state index in [4.69, 9.17) is 5.73 Å². The quantitative estimate of drug-likeness (QED) is 0.797. The summed E-state index contributed by atoms with van der Waals surface area (Å²) in [4.78, 5) is 0.213. The highest BCUT2D eigenvalue weighted by Gasteiger charge is 2.27. The summed E-state index contributed by atoms with van der Waals surface area (Å²) in [6.07, 6.45) is 2.07. The van der Waals surface area contributed by atoms with Crippen LogP contribution in [0.25, 0.3) is 0 Å². The molecule has 0 bridgehead atoms. The number of aromatic nitrogens is 2. The predicted octanol–water partition coefficient (Wildman–Crippen LogP) is 1.90. The first-order valence-corrected chi connectivity index (χ1v) is 8.24. The Morgan fingerprint density at radius 3 is 2.62 bits per heavy atom. The zero-order valence-electron chi connectivity index (χ0n) is 12.2. The Labute approximate surface area is 125 Å². The van der Waals surface area contributed by atoms with Crippen molar-refractivity contribution < 1.29 is 8.42 Å². The molecule has 1 aromatic carbocycles. The minimum absolute atomic E-state index is 0.213. The summed E-state index contributed by atoms with van der Waals surface area (Å²) in [5.74, 6) is 0. The highest BCUT2D eigenvalue weighted by Crippen LogP contribution is 2.22. The lowest BCUT2D eigenvalue weighted by Crippen LogP contribution is -2.32. The van der Waals surface area contributed by atoms with Gasteiger partial charge in [-0.2, -0.15) is 9.40 Å². The van der Waals surface area contributed by atoms with Crippen LogP contribution in [0.3, 0.4) is 0 Å². The van der Waals surface area contributed by atoms with Gasteiger partial charge in [0.15, 0.2) is 0 Å². The first kappa shape index (κ1) is 15.5. The standard InChI is InChI=1S/C14H20N4O2S/c1-3-8-18(10-12-6-4-5-7-13(12)15)21(19,20)14-9-16-17-11(14)2/h4-7,9H,3,8,10,15H2,1-2H3,(H,16,17). The summed E-state index contributed by atoms with van der Waals surface area (Å²) in [6.45, 7) is 4.33. The molecule has 0 saturated heterocycles. The lowest BCUT2D eigenvalue weighted by molar-refractivity contribution is 0.406. The number of hydrogen-bond acceptors (Lipinski definition) is 4. The van der Waals surface area contributed by atoms with E-state index in [1.807, 2.05) is 25.1 Å². The zero-order chi connectivity index (χ0) is 15.5. The van der Waals surface area contributed by atoms with Crippen LogP contribution in [0.15, 0.2) is 35.4 Å². The van der Waals surface area contributed by atoms with Gasteiger partial charge in [0, 0.05) is 18.8 Å². The predicted molar refractivity (Wildman–Crippen MR) is 82.1 cm³/mol. The third-order valence-electron chi connectivity index (χ3n) is 3.28. The Bertz CT molecular complexity index is 709. The fourth-order valence-electron chi connectivity index (χ4n) is 2.14. The molecular formula is C14H20N4O2S. The monoisotopic (exact) mass is 308 g/mol. The molecule has 0 aliphatic rings. The molecule has 21 heavy (non-hydrogen) atoms. The number of nitrogen functional groups attached to an aromatic ring is 1. The van der Waals surface area contributed by atoms with Gasteiger partial charge in [-0.15, -0.1) is 0 Å². The zero-order valence-corrected chi connectivity index (χ0v) is 13.0. The Kier molecular flexibility index (Phi) is 4.64. The number of rotatable bonds is 6. The average Bonchev–Trinajstić information content (AvgIpc) is 2.87. The van der Waals surface area contributed by atoms with E-state index in [2.05, 4.69) is 10.2 Å². The molecule has 114 valence electrons. The molecule has 0 atom stereocenters. The molecule has 0 spiro atoms. The summed E-state index contributed by atoms with van der Waals surface area (Å²) in [5.41, 5.74) is 7.85. The van der Waals surface area contributed by atoms with Gasteiger partial charge in [-0.3, -0.25) is 5.10 Å². The van der Waals surface area contributed by atoms with Crippen LogP contribution in [0.4, 0.5) is 5.69 Å². The van der Waals surface area contributed by atoms with E-state index in [1.165, 1.54) is 10.5 Å². The van der Waals surface area contributed by atoms with Crippen LogP contribution in [-0.2, 0) is 16.6 Å². The van der Waals surface area contributed by atoms with Gasteiger partial charge in [-0.05, 0) is 25.0 Å². The average molecular weight is 308 g/mol. The van der Waals surface area contributed by atoms with Gasteiger partial charge in [0.25, 0.3) is 0 Å². The largest absolute Gasteiger partial charge is 0.398 e. The third-order valence-corrected chi connectivity index (χ3v) is 5.24. The van der Waals surface area contributed by atoms with Crippen LogP contribution in [0.1, 0.15) is 24.6 Å². The normalized spacial score (nSPS) is 12.0. The number of H-pyrrole nitrogens is 1. The number of anilines is 1. The number of benzene rings is 1. The smallest absolute Gasteiger partial charge is 0.246 e. The topological polar surface area (TPSA) is 92.1 Å². The van der Waals surface area contributed by atoms with Gasteiger partial charge < -0.3 is 5.73 Å². The maximum absolute atomic E-state index is 12.7. The first-order chi connectivity index (χ1) is 9.96. The van der Waals surface area contributed by atoms with Crippen molar-refractivity contribution in [3.63, 3.8) is 0 Å². The lowest BCUT2D eigenvalue weighted by atomic mass is 10.2. The van der Waals surface area contributed by atoms with Crippen LogP contribution in [0.5, 0.6) is 0 Å². The maximum atomic E-state index is 12.7. The molecule has 7 heteroatoms. The van der Waals surface area contributed by atoms with Crippen molar-refractivity contribution in [2.45, 2.75) is 31.7 Å². The molecule has 1 heterocycles. The number of para-hydroxylation sites is 1. The minimum atomic E-state index is -3.58. The highest BCUT2D eigenvalue weighted by molar-refractivity contribution is 7.89. The van der Waals surface area contributed by atoms with Crippen molar-refractivity contribution in [2.24, 2.45) is 0 Å². The van der Waals surface area contributed by atoms with Gasteiger partial charge in [-0.25, -0.2) is 8.42 Å². The van der Waals surface area contributed by atoms with E-state index >= 15 is 0 Å². The Morgan fingerprint density at radius 2 is 2.05 bits per heavy atom. The molecule has 0 unspecified atom stereocenters. The summed E-state index contributed by atoms with van der Waals surface area (Å²) in [5, 5.41) is 6.47. The number of hydrogen-bond donors (Lipinski definition) is 2. The van der Waals surface area contributed by atoms with E-state index < -0.39 is 10.0 Å². The Balaban J connectivity index is 2.35. The van der Waals surface area contributed by atoms with Gasteiger partial charge in [0.05, 0.1) is 11.9 Å². The van der Waals surface area contributed by atoms with Crippen molar-refractivity contribution in [3.8, 4) is 0 Å². The number of nitrogens with two attached hydrogens (primary N) is 1. The van der Waals surface area contributed by atoms with Crippen molar-refractivity contribution in [2.75, 3.05) is 12.3 Å². The summed E-state index contributed by atoms with van der Waals surface area (Å²) >= 11 is 0. The number of sulfonamides is 1. The molecule has 0 aliphatic carbocycles. The molecule has 6 nitrogen and oxygen atoms in total. The third kappa shape index (κ3) is 3.25. The first-order valence-electron chi connectivity index (χ1n) is 6.80. The second kappa shape index (κ2) is 6.28. The van der Waals surface area contributed by atoms with Crippen molar-refractivity contribution >= 4 is 15.7 Å². The SMILES string of the molecule is CCCN(Cc1ccccc1N)S(=O)(=O)c1cn[nH]c1C. The minimum Gasteiger partial charge on any atom is -0.398 e. The molecule has 0 radical (unpaired) electrons. The number of aromatic amines is 1. The van der Waals surface area contributed by atoms with Gasteiger partial charge in [0.2, 0.25) is 10.0 Å². The van der Waals surface area contributed by atoms with Gasteiger partial charge >= 0.3 is 0 Å². The molecule has 3 N–H and O–H groups in total. The van der Waals surface area contributed by atoms with Crippen LogP contribution in [0.2, 0.25) is 0 Å². The number of nitrogens with zero attached hydrogens (tertiary/aromatic N) is 2. The second-order valence-corrected chi connectivity index (χ2v) is 6.80.